The van der Waals surface area contributed by atoms with E-state index in [0.717, 1.165) is 0 Å². The number of fused-ring (bicyclic) bond motifs is 1. The van der Waals surface area contributed by atoms with E-state index in [-0.39, 0.29) is 63.4 Å². The third kappa shape index (κ3) is 4.36. The molecular formula is C14H11Cl3INZr. The molecule has 1 heterocycles. The minimum atomic E-state index is 0. The fourth-order valence-corrected chi connectivity index (χ4v) is 3.08. The molecule has 6 heteroatoms. The Balaban J connectivity index is 0. The molecule has 1 nitrogen and oxygen atoms in total. The van der Waals surface area contributed by atoms with E-state index in [1.165, 1.54) is 22.5 Å². The van der Waals surface area contributed by atoms with Gasteiger partial charge in [-0.3, -0.25) is 0 Å². The molecule has 1 aromatic rings. The molecule has 0 radical (unpaired) electrons. The van der Waals surface area contributed by atoms with Crippen molar-refractivity contribution < 1.29 is 63.4 Å². The van der Waals surface area contributed by atoms with E-state index in [0.29, 0.717) is 4.05 Å². The molecule has 0 saturated carbocycles. The number of benzene rings is 1. The zero-order valence-electron chi connectivity index (χ0n) is 10.6. The van der Waals surface area contributed by atoms with Crippen LogP contribution in [0.3, 0.4) is 0 Å². The SMILES string of the molecule is CC1=CC2=[C-]C(I)N(c3ccccc3)C2=C1.[Cl-].[Cl-].[Cl-].[Zr+4]. The normalized spacial score (nSPS) is 18.2. The molecule has 1 aliphatic carbocycles. The van der Waals surface area contributed by atoms with Gasteiger partial charge >= 0.3 is 26.2 Å². The second-order valence-electron chi connectivity index (χ2n) is 4.02. The van der Waals surface area contributed by atoms with E-state index in [1.807, 2.05) is 6.07 Å². The predicted molar refractivity (Wildman–Crippen MR) is 75.3 cm³/mol. The fourth-order valence-electron chi connectivity index (χ4n) is 2.13. The maximum atomic E-state index is 3.48. The average molecular weight is 518 g/mol. The third-order valence-electron chi connectivity index (χ3n) is 2.81. The van der Waals surface area contributed by atoms with E-state index in [1.54, 1.807) is 0 Å². The first kappa shape index (κ1) is 23.0. The Morgan fingerprint density at radius 2 is 1.65 bits per heavy atom. The van der Waals surface area contributed by atoms with Crippen molar-refractivity contribution >= 4 is 28.3 Å². The van der Waals surface area contributed by atoms with Gasteiger partial charge in [-0.15, -0.1) is 11.6 Å². The Labute approximate surface area is 171 Å². The molecular weight excluding hydrogens is 507 g/mol. The molecule has 0 saturated heterocycles. The van der Waals surface area contributed by atoms with E-state index in [2.05, 4.69) is 76.9 Å². The van der Waals surface area contributed by atoms with Gasteiger partial charge in [-0.05, 0) is 12.1 Å². The summed E-state index contributed by atoms with van der Waals surface area (Å²) in [6.45, 7) is 2.13. The van der Waals surface area contributed by atoms with Crippen LogP contribution in [0.15, 0.2) is 59.3 Å². The molecule has 0 aromatic heterocycles. The Bertz CT molecular complexity index is 528. The van der Waals surface area contributed by atoms with Crippen LogP contribution in [0.1, 0.15) is 6.92 Å². The van der Waals surface area contributed by atoms with Gasteiger partial charge in [0.1, 0.15) is 0 Å². The Hall–Kier alpha value is 0.723. The van der Waals surface area contributed by atoms with Crippen molar-refractivity contribution in [2.45, 2.75) is 11.0 Å². The summed E-state index contributed by atoms with van der Waals surface area (Å²) in [6.07, 6.45) is 7.91. The van der Waals surface area contributed by atoms with Crippen molar-refractivity contribution in [3.05, 3.63) is 65.4 Å². The van der Waals surface area contributed by atoms with Gasteiger partial charge in [0.25, 0.3) is 0 Å². The van der Waals surface area contributed by atoms with Crippen LogP contribution >= 0.6 is 22.6 Å². The molecule has 0 amide bonds. The number of nitrogens with zero attached hydrogens (tertiary/aromatic N) is 1. The second-order valence-corrected chi connectivity index (χ2v) is 5.20. The monoisotopic (exact) mass is 515 g/mol. The number of para-hydroxylation sites is 1. The van der Waals surface area contributed by atoms with Gasteiger partial charge in [0.05, 0.1) is 0 Å². The molecule has 1 aliphatic heterocycles. The molecule has 2 aliphatic rings. The van der Waals surface area contributed by atoms with Crippen molar-refractivity contribution in [1.82, 2.24) is 0 Å². The smallest absolute Gasteiger partial charge is 1.00 e. The van der Waals surface area contributed by atoms with E-state index < -0.39 is 0 Å². The number of rotatable bonds is 1. The van der Waals surface area contributed by atoms with Gasteiger partial charge in [0.2, 0.25) is 0 Å². The first-order chi connectivity index (χ1) is 7.75. The molecule has 1 unspecified atom stereocenters. The van der Waals surface area contributed by atoms with Crippen molar-refractivity contribution in [1.29, 1.82) is 0 Å². The number of hydrogen-bond donors (Lipinski definition) is 0. The molecule has 3 rings (SSSR count). The molecule has 20 heavy (non-hydrogen) atoms. The van der Waals surface area contributed by atoms with Crippen LogP contribution in [0.5, 0.6) is 0 Å². The topological polar surface area (TPSA) is 3.24 Å². The van der Waals surface area contributed by atoms with Crippen LogP contribution < -0.4 is 42.1 Å². The quantitative estimate of drug-likeness (QED) is 0.156. The number of allylic oxidation sites excluding steroid dienone is 3. The summed E-state index contributed by atoms with van der Waals surface area (Å²) in [5.41, 5.74) is 5.06. The minimum Gasteiger partial charge on any atom is -1.00 e. The van der Waals surface area contributed by atoms with Crippen LogP contribution in [0, 0.1) is 6.08 Å². The Morgan fingerprint density at radius 3 is 2.25 bits per heavy atom. The van der Waals surface area contributed by atoms with Crippen LogP contribution in [0.2, 0.25) is 0 Å². The summed E-state index contributed by atoms with van der Waals surface area (Å²) in [6, 6.07) is 10.5. The number of halogens is 4. The number of alkyl halides is 1. The van der Waals surface area contributed by atoms with Crippen molar-refractivity contribution in [3.8, 4) is 0 Å². The van der Waals surface area contributed by atoms with Gasteiger partial charge in [-0.2, -0.15) is 17.7 Å². The van der Waals surface area contributed by atoms with Gasteiger partial charge in [0.15, 0.2) is 0 Å². The summed E-state index contributed by atoms with van der Waals surface area (Å²) in [7, 11) is 0. The summed E-state index contributed by atoms with van der Waals surface area (Å²) >= 11 is 2.42. The molecule has 1 aromatic carbocycles. The maximum Gasteiger partial charge on any atom is 4.00 e. The summed E-state index contributed by atoms with van der Waals surface area (Å²) in [5, 5.41) is 0. The number of anilines is 1. The molecule has 0 fully saturated rings. The standard InChI is InChI=1S/C14H11IN.3ClH.Zr/c1-10-7-11-9-14(15)16(13(11)8-10)12-5-3-2-4-6-12;;;;/h2-8,14H,1H3;3*1H;/q-1;;;;+4/p-3. The number of hydrogen-bond acceptors (Lipinski definition) is 1. The molecule has 104 valence electrons. The summed E-state index contributed by atoms with van der Waals surface area (Å²) < 4.78 is 0.297. The van der Waals surface area contributed by atoms with Crippen LogP contribution in [-0.4, -0.2) is 4.05 Å². The Morgan fingerprint density at radius 1 is 1.05 bits per heavy atom. The second kappa shape index (κ2) is 9.68. The van der Waals surface area contributed by atoms with Crippen LogP contribution in [-0.2, 0) is 26.2 Å². The summed E-state index contributed by atoms with van der Waals surface area (Å²) in [4.78, 5) is 2.32. The van der Waals surface area contributed by atoms with E-state index >= 15 is 0 Å². The minimum absolute atomic E-state index is 0. The van der Waals surface area contributed by atoms with Crippen molar-refractivity contribution in [3.63, 3.8) is 0 Å². The van der Waals surface area contributed by atoms with Crippen LogP contribution in [0.25, 0.3) is 0 Å². The van der Waals surface area contributed by atoms with E-state index in [9.17, 15) is 0 Å². The maximum absolute atomic E-state index is 3.48. The van der Waals surface area contributed by atoms with Gasteiger partial charge in [0, 0.05) is 9.74 Å². The van der Waals surface area contributed by atoms with Gasteiger partial charge in [-0.25, -0.2) is 0 Å². The van der Waals surface area contributed by atoms with Gasteiger partial charge < -0.3 is 42.1 Å². The zero-order chi connectivity index (χ0) is 11.1. The first-order valence-electron chi connectivity index (χ1n) is 5.28. The molecule has 0 bridgehead atoms. The summed E-state index contributed by atoms with van der Waals surface area (Å²) in [5.74, 6) is 0. The molecule has 0 N–H and O–H groups in total. The van der Waals surface area contributed by atoms with Crippen molar-refractivity contribution in [2.75, 3.05) is 4.90 Å². The molecule has 0 spiro atoms. The molecule has 1 atom stereocenters. The Kier molecular flexibility index (Phi) is 11.1. The zero-order valence-corrected chi connectivity index (χ0v) is 17.5. The van der Waals surface area contributed by atoms with Crippen LogP contribution in [0.4, 0.5) is 5.69 Å². The van der Waals surface area contributed by atoms with E-state index in [4.69, 9.17) is 0 Å². The van der Waals surface area contributed by atoms with Crippen molar-refractivity contribution in [2.24, 2.45) is 0 Å². The first-order valence-corrected chi connectivity index (χ1v) is 6.52. The predicted octanol–water partition coefficient (Wildman–Crippen LogP) is -5.15. The fraction of sp³-hybridized carbons (Fsp3) is 0.143. The largest absolute Gasteiger partial charge is 4.00 e. The average Bonchev–Trinajstić information content (AvgIpc) is 2.74. The third-order valence-corrected chi connectivity index (χ3v) is 3.68. The van der Waals surface area contributed by atoms with Gasteiger partial charge in [-0.1, -0.05) is 53.4 Å².